The third kappa shape index (κ3) is 2.39. The van der Waals surface area contributed by atoms with E-state index in [1.807, 2.05) is 0 Å². The number of hydrogen-bond donors (Lipinski definition) is 2. The quantitative estimate of drug-likeness (QED) is 0.805. The Morgan fingerprint density at radius 1 is 1.12 bits per heavy atom. The highest BCUT2D eigenvalue weighted by Gasteiger charge is 2.63. The summed E-state index contributed by atoms with van der Waals surface area (Å²) in [4.78, 5) is 25.6. The van der Waals surface area contributed by atoms with Gasteiger partial charge in [-0.1, -0.05) is 13.8 Å². The molecule has 25 heavy (non-hydrogen) atoms. The van der Waals surface area contributed by atoms with E-state index in [-0.39, 0.29) is 34.6 Å². The van der Waals surface area contributed by atoms with Gasteiger partial charge in [0, 0.05) is 18.3 Å². The summed E-state index contributed by atoms with van der Waals surface area (Å²) in [5.41, 5.74) is -0.227. The molecule has 0 aliphatic heterocycles. The van der Waals surface area contributed by atoms with Crippen molar-refractivity contribution in [1.29, 1.82) is 0 Å². The molecule has 0 bridgehead atoms. The molecule has 0 spiro atoms. The van der Waals surface area contributed by atoms with Crippen molar-refractivity contribution in [2.45, 2.75) is 71.3 Å². The van der Waals surface area contributed by atoms with Gasteiger partial charge in [0.1, 0.15) is 12.4 Å². The number of Topliss-reactive ketones (excluding diaryl/α,β-unsaturated/α-hetero) is 2. The van der Waals surface area contributed by atoms with Crippen LogP contribution in [0.25, 0.3) is 0 Å². The number of aliphatic hydroxyl groups excluding tert-OH is 2. The van der Waals surface area contributed by atoms with Gasteiger partial charge >= 0.3 is 0 Å². The molecule has 0 unspecified atom stereocenters. The van der Waals surface area contributed by atoms with Crippen molar-refractivity contribution < 1.29 is 19.8 Å². The number of aliphatic hydroxyl groups is 2. The molecule has 4 fully saturated rings. The third-order valence-corrected chi connectivity index (χ3v) is 8.87. The van der Waals surface area contributed by atoms with Gasteiger partial charge in [0.15, 0.2) is 5.78 Å². The van der Waals surface area contributed by atoms with Gasteiger partial charge in [-0.05, 0) is 73.5 Å². The molecule has 2 N–H and O–H groups in total. The average molecular weight is 348 g/mol. The minimum atomic E-state index is -0.396. The van der Waals surface area contributed by atoms with Crippen molar-refractivity contribution in [3.63, 3.8) is 0 Å². The molecular weight excluding hydrogens is 316 g/mol. The highest BCUT2D eigenvalue weighted by Crippen LogP contribution is 2.66. The first-order chi connectivity index (χ1) is 11.8. The van der Waals surface area contributed by atoms with Crippen LogP contribution in [0.1, 0.15) is 65.2 Å². The number of carbonyl (C=O) groups excluding carboxylic acids is 2. The van der Waals surface area contributed by atoms with E-state index in [4.69, 9.17) is 0 Å². The lowest BCUT2D eigenvalue weighted by molar-refractivity contribution is -0.162. The molecule has 140 valence electrons. The SMILES string of the molecule is C[C@]12CC[C@@H](O)C[C@@H]1CC[C@@H]1[C@@H]3CC[C@H](C(=O)CO)[C@@]3(C)CC(=O)[C@@H]12. The Kier molecular flexibility index (Phi) is 4.16. The fraction of sp³-hybridized carbons (Fsp3) is 0.905. The van der Waals surface area contributed by atoms with E-state index >= 15 is 0 Å². The van der Waals surface area contributed by atoms with Gasteiger partial charge in [-0.25, -0.2) is 0 Å². The first-order valence-electron chi connectivity index (χ1n) is 10.2. The monoisotopic (exact) mass is 348 g/mol. The van der Waals surface area contributed by atoms with Crippen molar-refractivity contribution in [2.75, 3.05) is 6.61 Å². The predicted octanol–water partition coefficient (Wildman–Crippen LogP) is 2.75. The molecule has 0 saturated heterocycles. The van der Waals surface area contributed by atoms with Gasteiger partial charge < -0.3 is 10.2 Å². The standard InChI is InChI=1S/C21H32O4/c1-20-8-7-13(23)9-12(20)3-4-14-15-5-6-16(18(25)11-22)21(15,2)10-17(24)19(14)20/h12-16,19,22-23H,3-11H2,1-2H3/t12-,13+,14+,15-,16+,19+,20-,21-/m0/s1. The fourth-order valence-electron chi connectivity index (χ4n) is 7.69. The maximum absolute atomic E-state index is 13.3. The van der Waals surface area contributed by atoms with Crippen LogP contribution in [0.3, 0.4) is 0 Å². The Balaban J connectivity index is 1.66. The van der Waals surface area contributed by atoms with Crippen molar-refractivity contribution in [2.24, 2.45) is 40.4 Å². The molecule has 0 radical (unpaired) electrons. The van der Waals surface area contributed by atoms with Crippen LogP contribution in [-0.2, 0) is 9.59 Å². The van der Waals surface area contributed by atoms with Gasteiger partial charge in [-0.15, -0.1) is 0 Å². The van der Waals surface area contributed by atoms with E-state index in [9.17, 15) is 19.8 Å². The zero-order valence-corrected chi connectivity index (χ0v) is 15.5. The molecule has 4 heteroatoms. The first-order valence-corrected chi connectivity index (χ1v) is 10.2. The second-order valence-corrected chi connectivity index (χ2v) is 9.86. The minimum Gasteiger partial charge on any atom is -0.393 e. The van der Waals surface area contributed by atoms with Crippen molar-refractivity contribution in [3.05, 3.63) is 0 Å². The average Bonchev–Trinajstić information content (AvgIpc) is 2.91. The molecule has 0 aromatic rings. The Bertz CT molecular complexity index is 586. The maximum atomic E-state index is 13.3. The molecule has 8 atom stereocenters. The molecule has 0 aromatic carbocycles. The normalized spacial score (nSPS) is 52.2. The molecule has 4 aliphatic rings. The van der Waals surface area contributed by atoms with Crippen molar-refractivity contribution in [3.8, 4) is 0 Å². The summed E-state index contributed by atoms with van der Waals surface area (Å²) in [5.74, 6) is 1.52. The van der Waals surface area contributed by atoms with Crippen LogP contribution in [0.15, 0.2) is 0 Å². The molecule has 0 heterocycles. The molecule has 0 amide bonds. The maximum Gasteiger partial charge on any atom is 0.161 e. The lowest BCUT2D eigenvalue weighted by atomic mass is 9.44. The van der Waals surface area contributed by atoms with Crippen LogP contribution >= 0.6 is 0 Å². The van der Waals surface area contributed by atoms with Gasteiger partial charge in [-0.2, -0.15) is 0 Å². The molecule has 4 aliphatic carbocycles. The van der Waals surface area contributed by atoms with Crippen molar-refractivity contribution >= 4 is 11.6 Å². The Morgan fingerprint density at radius 2 is 1.88 bits per heavy atom. The summed E-state index contributed by atoms with van der Waals surface area (Å²) >= 11 is 0. The van der Waals surface area contributed by atoms with Crippen LogP contribution in [0.4, 0.5) is 0 Å². The summed E-state index contributed by atoms with van der Waals surface area (Å²) in [6.45, 7) is 4.04. The smallest absolute Gasteiger partial charge is 0.161 e. The summed E-state index contributed by atoms with van der Waals surface area (Å²) in [6.07, 6.45) is 6.93. The van der Waals surface area contributed by atoms with E-state index in [0.717, 1.165) is 44.9 Å². The van der Waals surface area contributed by atoms with Gasteiger partial charge in [0.05, 0.1) is 6.10 Å². The van der Waals surface area contributed by atoms with Crippen LogP contribution in [0.2, 0.25) is 0 Å². The van der Waals surface area contributed by atoms with Gasteiger partial charge in [0.2, 0.25) is 0 Å². The third-order valence-electron chi connectivity index (χ3n) is 8.87. The second-order valence-electron chi connectivity index (χ2n) is 9.86. The molecule has 4 rings (SSSR count). The van der Waals surface area contributed by atoms with Crippen LogP contribution < -0.4 is 0 Å². The number of hydrogen-bond acceptors (Lipinski definition) is 4. The number of rotatable bonds is 2. The Labute approximate surface area is 150 Å². The zero-order chi connectivity index (χ0) is 18.0. The fourth-order valence-corrected chi connectivity index (χ4v) is 7.69. The highest BCUT2D eigenvalue weighted by molar-refractivity contribution is 5.88. The Hall–Kier alpha value is -0.740. The summed E-state index contributed by atoms with van der Waals surface area (Å²) < 4.78 is 0. The molecular formula is C21H32O4. The molecule has 4 nitrogen and oxygen atoms in total. The van der Waals surface area contributed by atoms with Gasteiger partial charge in [0.25, 0.3) is 0 Å². The summed E-state index contributed by atoms with van der Waals surface area (Å²) in [5, 5.41) is 19.5. The molecule has 4 saturated carbocycles. The zero-order valence-electron chi connectivity index (χ0n) is 15.5. The van der Waals surface area contributed by atoms with Crippen LogP contribution in [-0.4, -0.2) is 34.5 Å². The number of carbonyl (C=O) groups is 2. The van der Waals surface area contributed by atoms with E-state index in [1.54, 1.807) is 0 Å². The summed E-state index contributed by atoms with van der Waals surface area (Å²) in [6, 6.07) is 0. The van der Waals surface area contributed by atoms with E-state index in [2.05, 4.69) is 13.8 Å². The van der Waals surface area contributed by atoms with E-state index < -0.39 is 6.61 Å². The largest absolute Gasteiger partial charge is 0.393 e. The lowest BCUT2D eigenvalue weighted by Crippen LogP contribution is -2.58. The lowest BCUT2D eigenvalue weighted by Gasteiger charge is -2.59. The minimum absolute atomic E-state index is 0.0274. The summed E-state index contributed by atoms with van der Waals surface area (Å²) in [7, 11) is 0. The second kappa shape index (κ2) is 5.88. The number of fused-ring (bicyclic) bond motifs is 5. The van der Waals surface area contributed by atoms with E-state index in [0.29, 0.717) is 30.0 Å². The highest BCUT2D eigenvalue weighted by atomic mass is 16.3. The van der Waals surface area contributed by atoms with E-state index in [1.165, 1.54) is 0 Å². The van der Waals surface area contributed by atoms with Gasteiger partial charge in [-0.3, -0.25) is 9.59 Å². The van der Waals surface area contributed by atoms with Crippen molar-refractivity contribution in [1.82, 2.24) is 0 Å². The molecule has 0 aromatic heterocycles. The van der Waals surface area contributed by atoms with Crippen LogP contribution in [0, 0.1) is 40.4 Å². The Morgan fingerprint density at radius 3 is 2.60 bits per heavy atom. The number of ketones is 2. The first kappa shape index (κ1) is 17.7. The van der Waals surface area contributed by atoms with Crippen LogP contribution in [0.5, 0.6) is 0 Å². The topological polar surface area (TPSA) is 74.6 Å². The predicted molar refractivity (Wildman–Crippen MR) is 93.7 cm³/mol.